The first-order valence-corrected chi connectivity index (χ1v) is 6.10. The van der Waals surface area contributed by atoms with Crippen LogP contribution in [0.4, 0.5) is 4.39 Å². The van der Waals surface area contributed by atoms with E-state index < -0.39 is 11.7 Å². The fourth-order valence-corrected chi connectivity index (χ4v) is 1.69. The van der Waals surface area contributed by atoms with Crippen molar-refractivity contribution in [1.29, 1.82) is 0 Å². The lowest BCUT2D eigenvalue weighted by Crippen LogP contribution is -2.19. The molecule has 0 aliphatic heterocycles. The number of benzene rings is 2. The Labute approximate surface area is 120 Å². The number of nitrogens with zero attached hydrogens (tertiary/aromatic N) is 1. The Kier molecular flexibility index (Phi) is 4.18. The molecule has 6 heteroatoms. The van der Waals surface area contributed by atoms with Crippen LogP contribution >= 0.6 is 0 Å². The number of aromatic hydroxyl groups is 2. The summed E-state index contributed by atoms with van der Waals surface area (Å²) in [5.74, 6) is -1.14. The molecule has 0 unspecified atom stereocenters. The van der Waals surface area contributed by atoms with E-state index >= 15 is 0 Å². The number of carbonyl (C=O) groups excluding carboxylic acids is 1. The Bertz CT molecular complexity index is 697. The molecule has 2 aromatic carbocycles. The van der Waals surface area contributed by atoms with E-state index in [4.69, 9.17) is 0 Å². The van der Waals surface area contributed by atoms with Crippen LogP contribution in [0.3, 0.4) is 0 Å². The van der Waals surface area contributed by atoms with Crippen molar-refractivity contribution in [1.82, 2.24) is 5.43 Å². The van der Waals surface area contributed by atoms with E-state index in [0.29, 0.717) is 11.3 Å². The molecule has 5 nitrogen and oxygen atoms in total. The number of rotatable bonds is 3. The van der Waals surface area contributed by atoms with Gasteiger partial charge >= 0.3 is 0 Å². The minimum Gasteiger partial charge on any atom is -0.508 e. The van der Waals surface area contributed by atoms with E-state index in [1.54, 1.807) is 6.92 Å². The molecule has 108 valence electrons. The summed E-state index contributed by atoms with van der Waals surface area (Å²) >= 11 is 0. The number of hydrazone groups is 1. The molecule has 0 aromatic heterocycles. The lowest BCUT2D eigenvalue weighted by atomic mass is 10.1. The maximum atomic E-state index is 12.8. The second kappa shape index (κ2) is 6.04. The van der Waals surface area contributed by atoms with Crippen molar-refractivity contribution in [3.63, 3.8) is 0 Å². The summed E-state index contributed by atoms with van der Waals surface area (Å²) in [4.78, 5) is 11.8. The highest BCUT2D eigenvalue weighted by Gasteiger charge is 2.08. The van der Waals surface area contributed by atoms with Gasteiger partial charge in [0.2, 0.25) is 0 Å². The van der Waals surface area contributed by atoms with Gasteiger partial charge in [0.15, 0.2) is 0 Å². The molecule has 0 radical (unpaired) electrons. The summed E-state index contributed by atoms with van der Waals surface area (Å²) in [5.41, 5.74) is 3.32. The van der Waals surface area contributed by atoms with Crippen LogP contribution in [0, 0.1) is 5.82 Å². The third kappa shape index (κ3) is 3.56. The van der Waals surface area contributed by atoms with Gasteiger partial charge < -0.3 is 10.2 Å². The van der Waals surface area contributed by atoms with Crippen LogP contribution in [0.2, 0.25) is 0 Å². The molecule has 0 atom stereocenters. The standard InChI is InChI=1S/C15H13FN2O3/c1-9(13-7-6-12(19)8-14(13)20)17-18-15(21)10-2-4-11(16)5-3-10/h2-8,19-20H,1H3,(H,18,21)/b17-9+. The first-order chi connectivity index (χ1) is 9.97. The lowest BCUT2D eigenvalue weighted by Gasteiger charge is -2.05. The molecule has 0 spiro atoms. The van der Waals surface area contributed by atoms with Gasteiger partial charge in [0.05, 0.1) is 5.71 Å². The highest BCUT2D eigenvalue weighted by Crippen LogP contribution is 2.22. The average Bonchev–Trinajstić information content (AvgIpc) is 2.45. The Morgan fingerprint density at radius 2 is 1.81 bits per heavy atom. The van der Waals surface area contributed by atoms with Crippen LogP contribution in [-0.4, -0.2) is 21.8 Å². The maximum Gasteiger partial charge on any atom is 0.271 e. The number of hydrogen-bond donors (Lipinski definition) is 3. The molecule has 0 aliphatic rings. The molecule has 0 saturated carbocycles. The second-order valence-corrected chi connectivity index (χ2v) is 4.35. The zero-order valence-electron chi connectivity index (χ0n) is 11.2. The monoisotopic (exact) mass is 288 g/mol. The van der Waals surface area contributed by atoms with E-state index in [0.717, 1.165) is 0 Å². The molecule has 0 heterocycles. The van der Waals surface area contributed by atoms with Crippen molar-refractivity contribution in [2.45, 2.75) is 6.92 Å². The van der Waals surface area contributed by atoms with E-state index in [-0.39, 0.29) is 17.1 Å². The van der Waals surface area contributed by atoms with Crippen molar-refractivity contribution in [3.8, 4) is 11.5 Å². The third-order valence-electron chi connectivity index (χ3n) is 2.80. The molecule has 0 aliphatic carbocycles. The van der Waals surface area contributed by atoms with Gasteiger partial charge in [0, 0.05) is 17.2 Å². The van der Waals surface area contributed by atoms with E-state index in [1.165, 1.54) is 42.5 Å². The van der Waals surface area contributed by atoms with E-state index in [1.807, 2.05) is 0 Å². The molecule has 0 fully saturated rings. The summed E-state index contributed by atoms with van der Waals surface area (Å²) in [7, 11) is 0. The molecule has 21 heavy (non-hydrogen) atoms. The number of carbonyl (C=O) groups is 1. The first kappa shape index (κ1) is 14.5. The largest absolute Gasteiger partial charge is 0.508 e. The van der Waals surface area contributed by atoms with Crippen LogP contribution in [0.5, 0.6) is 11.5 Å². The molecule has 1 amide bonds. The first-order valence-electron chi connectivity index (χ1n) is 6.10. The van der Waals surface area contributed by atoms with Gasteiger partial charge in [0.25, 0.3) is 5.91 Å². The van der Waals surface area contributed by atoms with Crippen molar-refractivity contribution >= 4 is 11.6 Å². The summed E-state index contributed by atoms with van der Waals surface area (Å²) in [6.07, 6.45) is 0. The number of nitrogens with one attached hydrogen (secondary N) is 1. The number of phenolic OH excluding ortho intramolecular Hbond substituents is 2. The van der Waals surface area contributed by atoms with Crippen molar-refractivity contribution < 1.29 is 19.4 Å². The van der Waals surface area contributed by atoms with Crippen LogP contribution in [-0.2, 0) is 0 Å². The minimum absolute atomic E-state index is 0.0700. The predicted octanol–water partition coefficient (Wildman–Crippen LogP) is 2.39. The van der Waals surface area contributed by atoms with Gasteiger partial charge in [-0.2, -0.15) is 5.10 Å². The van der Waals surface area contributed by atoms with Gasteiger partial charge in [-0.15, -0.1) is 0 Å². The predicted molar refractivity (Wildman–Crippen MR) is 75.8 cm³/mol. The van der Waals surface area contributed by atoms with Crippen LogP contribution < -0.4 is 5.43 Å². The fourth-order valence-electron chi connectivity index (χ4n) is 1.69. The Morgan fingerprint density at radius 1 is 1.14 bits per heavy atom. The number of amides is 1. The van der Waals surface area contributed by atoms with E-state index in [2.05, 4.69) is 10.5 Å². The van der Waals surface area contributed by atoms with Crippen molar-refractivity contribution in [2.24, 2.45) is 5.10 Å². The van der Waals surface area contributed by atoms with Crippen LogP contribution in [0.25, 0.3) is 0 Å². The normalized spacial score (nSPS) is 11.2. The van der Waals surface area contributed by atoms with Crippen molar-refractivity contribution in [3.05, 3.63) is 59.4 Å². The molecule has 0 bridgehead atoms. The van der Waals surface area contributed by atoms with E-state index in [9.17, 15) is 19.4 Å². The number of phenols is 2. The molecular formula is C15H13FN2O3. The smallest absolute Gasteiger partial charge is 0.271 e. The molecule has 2 aromatic rings. The molecule has 3 N–H and O–H groups in total. The topological polar surface area (TPSA) is 81.9 Å². The molecule has 2 rings (SSSR count). The highest BCUT2D eigenvalue weighted by molar-refractivity contribution is 6.02. The maximum absolute atomic E-state index is 12.8. The zero-order chi connectivity index (χ0) is 15.4. The van der Waals surface area contributed by atoms with Gasteiger partial charge in [-0.1, -0.05) is 0 Å². The van der Waals surface area contributed by atoms with Crippen molar-refractivity contribution in [2.75, 3.05) is 0 Å². The lowest BCUT2D eigenvalue weighted by molar-refractivity contribution is 0.0954. The summed E-state index contributed by atoms with van der Waals surface area (Å²) in [6, 6.07) is 9.09. The van der Waals surface area contributed by atoms with Gasteiger partial charge in [-0.25, -0.2) is 9.82 Å². The van der Waals surface area contributed by atoms with Crippen LogP contribution in [0.15, 0.2) is 47.6 Å². The number of hydrogen-bond acceptors (Lipinski definition) is 4. The average molecular weight is 288 g/mol. The quantitative estimate of drug-likeness (QED) is 0.599. The van der Waals surface area contributed by atoms with Gasteiger partial charge in [0.1, 0.15) is 17.3 Å². The Hall–Kier alpha value is -2.89. The third-order valence-corrected chi connectivity index (χ3v) is 2.80. The fraction of sp³-hybridized carbons (Fsp3) is 0.0667. The minimum atomic E-state index is -0.493. The zero-order valence-corrected chi connectivity index (χ0v) is 11.2. The summed E-state index contributed by atoms with van der Waals surface area (Å²) < 4.78 is 12.8. The van der Waals surface area contributed by atoms with Gasteiger partial charge in [-0.3, -0.25) is 4.79 Å². The molecular weight excluding hydrogens is 275 g/mol. The van der Waals surface area contributed by atoms with Gasteiger partial charge in [-0.05, 0) is 43.3 Å². The summed E-state index contributed by atoms with van der Waals surface area (Å²) in [6.45, 7) is 1.59. The second-order valence-electron chi connectivity index (χ2n) is 4.35. The number of halogens is 1. The Morgan fingerprint density at radius 3 is 2.43 bits per heavy atom. The molecule has 0 saturated heterocycles. The Balaban J connectivity index is 2.12. The summed E-state index contributed by atoms with van der Waals surface area (Å²) in [5, 5.41) is 22.8. The highest BCUT2D eigenvalue weighted by atomic mass is 19.1. The SMILES string of the molecule is C/C(=N\NC(=O)c1ccc(F)cc1)c1ccc(O)cc1O. The van der Waals surface area contributed by atoms with Crippen LogP contribution in [0.1, 0.15) is 22.8 Å².